The van der Waals surface area contributed by atoms with E-state index in [4.69, 9.17) is 0 Å². The summed E-state index contributed by atoms with van der Waals surface area (Å²) in [5.74, 6) is 0. The Hall–Kier alpha value is -2.17. The molecule has 0 spiro atoms. The molecule has 1 N–H and O–H groups in total. The van der Waals surface area contributed by atoms with Crippen LogP contribution < -0.4 is 5.32 Å². The van der Waals surface area contributed by atoms with Crippen molar-refractivity contribution in [1.29, 1.82) is 0 Å². The molecule has 0 aliphatic carbocycles. The molecular formula is C21H31F2N3. The molecule has 0 aliphatic heterocycles. The summed E-state index contributed by atoms with van der Waals surface area (Å²) in [5.41, 5.74) is 4.54. The van der Waals surface area contributed by atoms with Crippen LogP contribution in [0.1, 0.15) is 44.7 Å². The van der Waals surface area contributed by atoms with Gasteiger partial charge in [0.1, 0.15) is 0 Å². The molecule has 0 aromatic heterocycles. The van der Waals surface area contributed by atoms with Crippen LogP contribution in [0.2, 0.25) is 0 Å². The molecule has 26 heavy (non-hydrogen) atoms. The second-order valence-corrected chi connectivity index (χ2v) is 6.32. The number of aliphatic imine (C=N–C) groups is 1. The van der Waals surface area contributed by atoms with Gasteiger partial charge in [0.2, 0.25) is 6.43 Å². The lowest BCUT2D eigenvalue weighted by molar-refractivity contribution is 0.129. The van der Waals surface area contributed by atoms with Crippen LogP contribution in [-0.2, 0) is 0 Å². The Morgan fingerprint density at radius 1 is 1.15 bits per heavy atom. The van der Waals surface area contributed by atoms with Gasteiger partial charge in [-0.05, 0) is 31.4 Å². The second kappa shape index (κ2) is 10.7. The topological polar surface area (TPSA) is 27.6 Å². The van der Waals surface area contributed by atoms with Crippen LogP contribution >= 0.6 is 0 Å². The Balaban J connectivity index is 2.75. The van der Waals surface area contributed by atoms with Gasteiger partial charge in [0.15, 0.2) is 0 Å². The molecule has 1 rings (SSSR count). The van der Waals surface area contributed by atoms with Crippen LogP contribution in [0.25, 0.3) is 11.4 Å². The number of nitrogens with zero attached hydrogens (tertiary/aromatic N) is 2. The lowest BCUT2D eigenvalue weighted by atomic mass is 10.1. The summed E-state index contributed by atoms with van der Waals surface area (Å²) in [5, 5.41) is 3.43. The first-order valence-corrected chi connectivity index (χ1v) is 9.05. The van der Waals surface area contributed by atoms with Crippen molar-refractivity contribution >= 4 is 17.1 Å². The molecule has 1 aromatic carbocycles. The first-order valence-electron chi connectivity index (χ1n) is 9.05. The van der Waals surface area contributed by atoms with Crippen molar-refractivity contribution in [2.75, 3.05) is 20.1 Å². The predicted octanol–water partition coefficient (Wildman–Crippen LogP) is 5.06. The van der Waals surface area contributed by atoms with Gasteiger partial charge in [0.05, 0.1) is 6.04 Å². The number of halogens is 2. The van der Waals surface area contributed by atoms with Gasteiger partial charge in [-0.25, -0.2) is 8.78 Å². The van der Waals surface area contributed by atoms with E-state index in [2.05, 4.69) is 30.4 Å². The minimum absolute atomic E-state index is 0.161. The SMILES string of the molecule is C=C(NC(CC)C(C)=NCC)c1ccc(C(=C)N(C)CCC(F)F)cc1. The summed E-state index contributed by atoms with van der Waals surface area (Å²) in [6.45, 7) is 15.4. The summed E-state index contributed by atoms with van der Waals surface area (Å²) in [6.07, 6.45) is -1.53. The first kappa shape index (κ1) is 21.9. The van der Waals surface area contributed by atoms with Crippen molar-refractivity contribution in [3.05, 3.63) is 48.6 Å². The van der Waals surface area contributed by atoms with Gasteiger partial charge in [0, 0.05) is 43.7 Å². The quantitative estimate of drug-likeness (QED) is 0.556. The highest BCUT2D eigenvalue weighted by Gasteiger charge is 2.12. The lowest BCUT2D eigenvalue weighted by Crippen LogP contribution is -2.33. The Kier molecular flexibility index (Phi) is 9.03. The van der Waals surface area contributed by atoms with E-state index in [1.54, 1.807) is 11.9 Å². The molecular weight excluding hydrogens is 332 g/mol. The van der Waals surface area contributed by atoms with Crippen molar-refractivity contribution in [2.45, 2.75) is 46.1 Å². The summed E-state index contributed by atoms with van der Waals surface area (Å²) < 4.78 is 24.7. The monoisotopic (exact) mass is 363 g/mol. The van der Waals surface area contributed by atoms with Gasteiger partial charge in [-0.1, -0.05) is 44.3 Å². The predicted molar refractivity (Wildman–Crippen MR) is 109 cm³/mol. The molecule has 5 heteroatoms. The molecule has 0 amide bonds. The normalized spacial score (nSPS) is 12.8. The van der Waals surface area contributed by atoms with Gasteiger partial charge in [-0.15, -0.1) is 0 Å². The van der Waals surface area contributed by atoms with Gasteiger partial charge in [0.25, 0.3) is 0 Å². The first-order chi connectivity index (χ1) is 12.3. The smallest absolute Gasteiger partial charge is 0.240 e. The minimum atomic E-state index is -2.30. The number of benzene rings is 1. The largest absolute Gasteiger partial charge is 0.377 e. The molecule has 3 nitrogen and oxygen atoms in total. The van der Waals surface area contributed by atoms with Gasteiger partial charge >= 0.3 is 0 Å². The van der Waals surface area contributed by atoms with E-state index in [9.17, 15) is 8.78 Å². The fraction of sp³-hybridized carbons (Fsp3) is 0.476. The van der Waals surface area contributed by atoms with Crippen molar-refractivity contribution in [2.24, 2.45) is 4.99 Å². The molecule has 1 atom stereocenters. The molecule has 144 valence electrons. The van der Waals surface area contributed by atoms with Crippen LogP contribution in [0.4, 0.5) is 8.78 Å². The number of hydrogen-bond acceptors (Lipinski definition) is 3. The molecule has 0 saturated carbocycles. The highest BCUT2D eigenvalue weighted by Crippen LogP contribution is 2.20. The third-order valence-corrected chi connectivity index (χ3v) is 4.38. The summed E-state index contributed by atoms with van der Waals surface area (Å²) in [4.78, 5) is 6.23. The molecule has 0 aliphatic rings. The third-order valence-electron chi connectivity index (χ3n) is 4.38. The number of rotatable bonds is 11. The maximum Gasteiger partial charge on any atom is 0.240 e. The molecule has 0 bridgehead atoms. The fourth-order valence-corrected chi connectivity index (χ4v) is 2.67. The van der Waals surface area contributed by atoms with Crippen molar-refractivity contribution < 1.29 is 8.78 Å². The van der Waals surface area contributed by atoms with E-state index < -0.39 is 6.43 Å². The molecule has 0 radical (unpaired) electrons. The average molecular weight is 363 g/mol. The Labute approximate surface area is 156 Å². The highest BCUT2D eigenvalue weighted by molar-refractivity contribution is 5.88. The zero-order chi connectivity index (χ0) is 19.7. The Morgan fingerprint density at radius 3 is 2.23 bits per heavy atom. The summed E-state index contributed by atoms with van der Waals surface area (Å²) >= 11 is 0. The third kappa shape index (κ3) is 6.62. The lowest BCUT2D eigenvalue weighted by Gasteiger charge is -2.23. The van der Waals surface area contributed by atoms with E-state index in [1.807, 2.05) is 38.1 Å². The average Bonchev–Trinajstić information content (AvgIpc) is 2.63. The number of alkyl halides is 2. The fourth-order valence-electron chi connectivity index (χ4n) is 2.67. The Morgan fingerprint density at radius 2 is 1.73 bits per heavy atom. The zero-order valence-corrected chi connectivity index (χ0v) is 16.4. The van der Waals surface area contributed by atoms with E-state index in [0.717, 1.165) is 41.2 Å². The zero-order valence-electron chi connectivity index (χ0n) is 16.4. The van der Waals surface area contributed by atoms with Crippen molar-refractivity contribution in [3.63, 3.8) is 0 Å². The van der Waals surface area contributed by atoms with Crippen LogP contribution in [0.5, 0.6) is 0 Å². The number of hydrogen-bond donors (Lipinski definition) is 1. The van der Waals surface area contributed by atoms with Crippen LogP contribution in [0.15, 0.2) is 42.4 Å². The van der Waals surface area contributed by atoms with E-state index >= 15 is 0 Å². The van der Waals surface area contributed by atoms with Crippen LogP contribution in [-0.4, -0.2) is 43.2 Å². The highest BCUT2D eigenvalue weighted by atomic mass is 19.3. The maximum atomic E-state index is 12.4. The van der Waals surface area contributed by atoms with E-state index in [1.165, 1.54) is 0 Å². The molecule has 0 heterocycles. The Bertz CT molecular complexity index is 621. The van der Waals surface area contributed by atoms with E-state index in [0.29, 0.717) is 0 Å². The van der Waals surface area contributed by atoms with Crippen LogP contribution in [0.3, 0.4) is 0 Å². The summed E-state index contributed by atoms with van der Waals surface area (Å²) in [6, 6.07) is 7.98. The number of nitrogens with one attached hydrogen (secondary N) is 1. The van der Waals surface area contributed by atoms with Gasteiger partial charge < -0.3 is 10.2 Å². The van der Waals surface area contributed by atoms with Crippen LogP contribution in [0, 0.1) is 0 Å². The summed E-state index contributed by atoms with van der Waals surface area (Å²) in [7, 11) is 1.78. The van der Waals surface area contributed by atoms with Crippen molar-refractivity contribution in [1.82, 2.24) is 10.2 Å². The molecule has 1 unspecified atom stereocenters. The standard InChI is InChI=1S/C21H31F2N3/c1-7-20(16(4)24-8-2)25-15(3)18-9-11-19(12-10-18)17(5)26(6)14-13-21(22)23/h9-12,20-21,25H,3,5,7-8,13-14H2,1-2,4,6H3. The second-order valence-electron chi connectivity index (χ2n) is 6.32. The minimum Gasteiger partial charge on any atom is -0.377 e. The maximum absolute atomic E-state index is 12.4. The van der Waals surface area contributed by atoms with E-state index in [-0.39, 0.29) is 19.0 Å². The van der Waals surface area contributed by atoms with Gasteiger partial charge in [-0.2, -0.15) is 0 Å². The molecule has 1 aromatic rings. The van der Waals surface area contributed by atoms with Crippen molar-refractivity contribution in [3.8, 4) is 0 Å². The van der Waals surface area contributed by atoms with Gasteiger partial charge in [-0.3, -0.25) is 4.99 Å². The molecule has 0 saturated heterocycles. The molecule has 0 fully saturated rings.